The number of rotatable bonds is 4. The fraction of sp³-hybridized carbons (Fsp3) is 0.833. The fourth-order valence-corrected chi connectivity index (χ4v) is 4.09. The van der Waals surface area contributed by atoms with Gasteiger partial charge in [-0.3, -0.25) is 4.79 Å². The standard InChI is InChI=1S/C18H30N2O/c21-18(13-16-7-3-1-4-8-16)20-12-9-17(15-20)14-19-10-5-2-6-11-19/h7,17H,1-6,8-15H2. The van der Waals surface area contributed by atoms with Gasteiger partial charge in [0, 0.05) is 26.1 Å². The molecule has 0 N–H and O–H groups in total. The molecule has 1 atom stereocenters. The van der Waals surface area contributed by atoms with E-state index in [0.29, 0.717) is 18.2 Å². The summed E-state index contributed by atoms with van der Waals surface area (Å²) >= 11 is 0. The van der Waals surface area contributed by atoms with E-state index in [2.05, 4.69) is 15.9 Å². The van der Waals surface area contributed by atoms with Crippen molar-refractivity contribution in [2.75, 3.05) is 32.7 Å². The van der Waals surface area contributed by atoms with Gasteiger partial charge in [0.05, 0.1) is 0 Å². The molecule has 0 aromatic heterocycles. The molecule has 1 aliphatic carbocycles. The number of amides is 1. The van der Waals surface area contributed by atoms with Crippen LogP contribution in [0.2, 0.25) is 0 Å². The van der Waals surface area contributed by atoms with Gasteiger partial charge in [-0.1, -0.05) is 18.1 Å². The molecule has 3 heteroatoms. The van der Waals surface area contributed by atoms with Crippen LogP contribution >= 0.6 is 0 Å². The molecule has 0 spiro atoms. The lowest BCUT2D eigenvalue weighted by molar-refractivity contribution is -0.129. The maximum Gasteiger partial charge on any atom is 0.226 e. The molecular formula is C18H30N2O. The average molecular weight is 290 g/mol. The predicted octanol–water partition coefficient (Wildman–Crippen LogP) is 3.21. The third kappa shape index (κ3) is 4.32. The summed E-state index contributed by atoms with van der Waals surface area (Å²) in [5.74, 6) is 1.09. The number of carbonyl (C=O) groups excluding carboxylic acids is 1. The third-order valence-electron chi connectivity index (χ3n) is 5.37. The van der Waals surface area contributed by atoms with Gasteiger partial charge in [0.2, 0.25) is 5.91 Å². The molecule has 0 aromatic carbocycles. The van der Waals surface area contributed by atoms with Gasteiger partial charge in [0.1, 0.15) is 0 Å². The Labute approximate surface area is 129 Å². The zero-order chi connectivity index (χ0) is 14.5. The van der Waals surface area contributed by atoms with Crippen LogP contribution in [0, 0.1) is 5.92 Å². The summed E-state index contributed by atoms with van der Waals surface area (Å²) in [4.78, 5) is 17.2. The second-order valence-electron chi connectivity index (χ2n) is 7.14. The molecule has 21 heavy (non-hydrogen) atoms. The molecule has 0 bridgehead atoms. The Bertz CT molecular complexity index is 385. The van der Waals surface area contributed by atoms with E-state index in [1.54, 1.807) is 0 Å². The summed E-state index contributed by atoms with van der Waals surface area (Å²) in [7, 11) is 0. The summed E-state index contributed by atoms with van der Waals surface area (Å²) in [6.45, 7) is 5.76. The first-order valence-electron chi connectivity index (χ1n) is 8.99. The molecule has 3 aliphatic rings. The van der Waals surface area contributed by atoms with E-state index in [4.69, 9.17) is 0 Å². The van der Waals surface area contributed by atoms with Crippen LogP contribution < -0.4 is 0 Å². The van der Waals surface area contributed by atoms with Crippen LogP contribution in [0.4, 0.5) is 0 Å². The smallest absolute Gasteiger partial charge is 0.226 e. The van der Waals surface area contributed by atoms with Crippen molar-refractivity contribution in [2.45, 2.75) is 57.8 Å². The molecule has 0 aromatic rings. The number of likely N-dealkylation sites (tertiary alicyclic amines) is 2. The van der Waals surface area contributed by atoms with E-state index in [-0.39, 0.29) is 0 Å². The van der Waals surface area contributed by atoms with E-state index < -0.39 is 0 Å². The van der Waals surface area contributed by atoms with Gasteiger partial charge in [0.15, 0.2) is 0 Å². The Morgan fingerprint density at radius 3 is 2.71 bits per heavy atom. The number of hydrogen-bond acceptors (Lipinski definition) is 2. The third-order valence-corrected chi connectivity index (χ3v) is 5.37. The molecule has 2 fully saturated rings. The number of piperidine rings is 1. The second-order valence-corrected chi connectivity index (χ2v) is 7.14. The van der Waals surface area contributed by atoms with Gasteiger partial charge in [-0.15, -0.1) is 0 Å². The first kappa shape index (κ1) is 15.1. The minimum absolute atomic E-state index is 0.379. The fourth-order valence-electron chi connectivity index (χ4n) is 4.09. The number of nitrogens with zero attached hydrogens (tertiary/aromatic N) is 2. The first-order valence-corrected chi connectivity index (χ1v) is 8.99. The van der Waals surface area contributed by atoms with Crippen LogP contribution in [0.1, 0.15) is 57.8 Å². The summed E-state index contributed by atoms with van der Waals surface area (Å²) in [5, 5.41) is 0. The molecule has 2 saturated heterocycles. The Kier molecular flexibility index (Phi) is 5.34. The van der Waals surface area contributed by atoms with Crippen molar-refractivity contribution in [2.24, 2.45) is 5.92 Å². The van der Waals surface area contributed by atoms with Gasteiger partial charge in [0.25, 0.3) is 0 Å². The minimum atomic E-state index is 0.379. The van der Waals surface area contributed by atoms with E-state index in [0.717, 1.165) is 19.5 Å². The Morgan fingerprint density at radius 2 is 1.95 bits per heavy atom. The van der Waals surface area contributed by atoms with Crippen molar-refractivity contribution < 1.29 is 4.79 Å². The summed E-state index contributed by atoms with van der Waals surface area (Å²) in [5.41, 5.74) is 1.39. The van der Waals surface area contributed by atoms with Gasteiger partial charge in [-0.2, -0.15) is 0 Å². The number of hydrogen-bond donors (Lipinski definition) is 0. The van der Waals surface area contributed by atoms with Crippen molar-refractivity contribution in [3.8, 4) is 0 Å². The quantitative estimate of drug-likeness (QED) is 0.742. The van der Waals surface area contributed by atoms with Crippen molar-refractivity contribution >= 4 is 5.91 Å². The Morgan fingerprint density at radius 1 is 1.10 bits per heavy atom. The molecule has 2 aliphatic heterocycles. The second kappa shape index (κ2) is 7.44. The molecule has 1 amide bonds. The molecule has 1 unspecified atom stereocenters. The lowest BCUT2D eigenvalue weighted by Crippen LogP contribution is -2.36. The van der Waals surface area contributed by atoms with Gasteiger partial charge >= 0.3 is 0 Å². The van der Waals surface area contributed by atoms with Crippen molar-refractivity contribution in [1.29, 1.82) is 0 Å². The highest BCUT2D eigenvalue weighted by molar-refractivity contribution is 5.79. The summed E-state index contributed by atoms with van der Waals surface area (Å²) in [6.07, 6.45) is 13.3. The van der Waals surface area contributed by atoms with Crippen molar-refractivity contribution in [1.82, 2.24) is 9.80 Å². The van der Waals surface area contributed by atoms with Crippen LogP contribution in [-0.4, -0.2) is 48.4 Å². The Hall–Kier alpha value is -0.830. The summed E-state index contributed by atoms with van der Waals surface area (Å²) < 4.78 is 0. The maximum absolute atomic E-state index is 12.4. The normalized spacial score (nSPS) is 27.7. The van der Waals surface area contributed by atoms with E-state index in [1.165, 1.54) is 70.2 Å². The van der Waals surface area contributed by atoms with Crippen LogP contribution in [0.25, 0.3) is 0 Å². The largest absolute Gasteiger partial charge is 0.342 e. The zero-order valence-corrected chi connectivity index (χ0v) is 13.4. The molecule has 3 rings (SSSR count). The lowest BCUT2D eigenvalue weighted by Gasteiger charge is -2.29. The number of allylic oxidation sites excluding steroid dienone is 1. The molecule has 0 saturated carbocycles. The highest BCUT2D eigenvalue weighted by atomic mass is 16.2. The molecule has 0 radical (unpaired) electrons. The molecule has 3 nitrogen and oxygen atoms in total. The number of carbonyl (C=O) groups is 1. The lowest BCUT2D eigenvalue weighted by atomic mass is 9.97. The van der Waals surface area contributed by atoms with Crippen LogP contribution in [-0.2, 0) is 4.79 Å². The zero-order valence-electron chi connectivity index (χ0n) is 13.4. The predicted molar refractivity (Wildman–Crippen MR) is 86.1 cm³/mol. The van der Waals surface area contributed by atoms with Gasteiger partial charge in [-0.25, -0.2) is 0 Å². The van der Waals surface area contributed by atoms with Gasteiger partial charge < -0.3 is 9.80 Å². The highest BCUT2D eigenvalue weighted by Crippen LogP contribution is 2.24. The topological polar surface area (TPSA) is 23.6 Å². The minimum Gasteiger partial charge on any atom is -0.342 e. The molecule has 118 valence electrons. The van der Waals surface area contributed by atoms with Gasteiger partial charge in [-0.05, 0) is 64.0 Å². The van der Waals surface area contributed by atoms with E-state index in [9.17, 15) is 4.79 Å². The van der Waals surface area contributed by atoms with Crippen molar-refractivity contribution in [3.05, 3.63) is 11.6 Å². The summed E-state index contributed by atoms with van der Waals surface area (Å²) in [6, 6.07) is 0. The van der Waals surface area contributed by atoms with Crippen LogP contribution in [0.5, 0.6) is 0 Å². The Balaban J connectivity index is 1.42. The van der Waals surface area contributed by atoms with E-state index >= 15 is 0 Å². The molecule has 2 heterocycles. The average Bonchev–Trinajstić information content (AvgIpc) is 2.98. The first-order chi connectivity index (χ1) is 10.3. The van der Waals surface area contributed by atoms with Crippen molar-refractivity contribution in [3.63, 3.8) is 0 Å². The van der Waals surface area contributed by atoms with E-state index in [1.807, 2.05) is 0 Å². The molecular weight excluding hydrogens is 260 g/mol. The van der Waals surface area contributed by atoms with Crippen LogP contribution in [0.15, 0.2) is 11.6 Å². The monoisotopic (exact) mass is 290 g/mol. The highest BCUT2D eigenvalue weighted by Gasteiger charge is 2.28. The SMILES string of the molecule is O=C(CC1=CCCCC1)N1CCC(CN2CCCCC2)C1. The maximum atomic E-state index is 12.4. The van der Waals surface area contributed by atoms with Crippen LogP contribution in [0.3, 0.4) is 0 Å².